The van der Waals surface area contributed by atoms with Crippen LogP contribution in [0.4, 0.5) is 0 Å². The van der Waals surface area contributed by atoms with E-state index in [1.165, 1.54) is 12.1 Å². The summed E-state index contributed by atoms with van der Waals surface area (Å²) in [4.78, 5) is 4.04. The van der Waals surface area contributed by atoms with Gasteiger partial charge in [0.1, 0.15) is 0 Å². The van der Waals surface area contributed by atoms with Crippen LogP contribution in [0.3, 0.4) is 0 Å². The molecule has 0 bridgehead atoms. The topological polar surface area (TPSA) is 53.4 Å². The van der Waals surface area contributed by atoms with Crippen LogP contribution in [0.25, 0.3) is 10.9 Å². The van der Waals surface area contributed by atoms with Gasteiger partial charge in [-0.2, -0.15) is 0 Å². The van der Waals surface area contributed by atoms with Gasteiger partial charge in [-0.3, -0.25) is 4.98 Å². The van der Waals surface area contributed by atoms with Gasteiger partial charge in [-0.1, -0.05) is 15.9 Å². The number of pyridine rings is 1. The molecule has 0 radical (unpaired) electrons. The van der Waals surface area contributed by atoms with Crippen molar-refractivity contribution in [2.45, 2.75) is 0 Å². The molecule has 0 aliphatic carbocycles. The van der Waals surface area contributed by atoms with Crippen molar-refractivity contribution in [3.8, 4) is 11.5 Å². The fourth-order valence-electron chi connectivity index (χ4n) is 1.14. The zero-order chi connectivity index (χ0) is 9.42. The summed E-state index contributed by atoms with van der Waals surface area (Å²) in [6, 6.07) is 4.68. The Labute approximate surface area is 82.8 Å². The zero-order valence-electron chi connectivity index (χ0n) is 6.53. The lowest BCUT2D eigenvalue weighted by Gasteiger charge is -2.02. The fraction of sp³-hybridized carbons (Fsp3) is 0. The van der Waals surface area contributed by atoms with Crippen molar-refractivity contribution in [1.29, 1.82) is 0 Å². The Morgan fingerprint density at radius 1 is 1.15 bits per heavy atom. The molecule has 2 N–H and O–H groups in total. The highest BCUT2D eigenvalue weighted by Crippen LogP contribution is 2.32. The normalized spacial score (nSPS) is 10.5. The monoisotopic (exact) mass is 239 g/mol. The van der Waals surface area contributed by atoms with Gasteiger partial charge in [-0.15, -0.1) is 0 Å². The van der Waals surface area contributed by atoms with E-state index in [4.69, 9.17) is 0 Å². The van der Waals surface area contributed by atoms with Crippen LogP contribution in [0.15, 0.2) is 28.9 Å². The predicted molar refractivity (Wildman–Crippen MR) is 52.8 cm³/mol. The summed E-state index contributed by atoms with van der Waals surface area (Å²) in [7, 11) is 0. The third kappa shape index (κ3) is 1.33. The van der Waals surface area contributed by atoms with Gasteiger partial charge in [0.25, 0.3) is 0 Å². The molecule has 1 aromatic carbocycles. The van der Waals surface area contributed by atoms with Gasteiger partial charge >= 0.3 is 0 Å². The van der Waals surface area contributed by atoms with Crippen LogP contribution in [0.5, 0.6) is 11.5 Å². The standard InChI is InChI=1S/C9H6BrNO2/c10-6-1-2-11-7-4-9(13)8(12)3-5(6)7/h1-4,12-13H. The first kappa shape index (κ1) is 8.31. The fourth-order valence-corrected chi connectivity index (χ4v) is 1.57. The first-order chi connectivity index (χ1) is 6.18. The third-order valence-electron chi connectivity index (χ3n) is 1.78. The summed E-state index contributed by atoms with van der Waals surface area (Å²) in [6.07, 6.45) is 1.63. The Hall–Kier alpha value is -1.29. The van der Waals surface area contributed by atoms with Crippen LogP contribution in [-0.4, -0.2) is 15.2 Å². The molecule has 0 unspecified atom stereocenters. The Kier molecular flexibility index (Phi) is 1.84. The molecule has 0 spiro atoms. The summed E-state index contributed by atoms with van der Waals surface area (Å²) in [5, 5.41) is 19.2. The Balaban J connectivity index is 2.89. The van der Waals surface area contributed by atoms with E-state index in [-0.39, 0.29) is 11.5 Å². The molecule has 0 aliphatic heterocycles. The number of hydrogen-bond donors (Lipinski definition) is 2. The van der Waals surface area contributed by atoms with E-state index in [2.05, 4.69) is 20.9 Å². The van der Waals surface area contributed by atoms with Crippen LogP contribution in [-0.2, 0) is 0 Å². The molecule has 13 heavy (non-hydrogen) atoms. The Morgan fingerprint density at radius 2 is 1.85 bits per heavy atom. The maximum absolute atomic E-state index is 9.24. The second-order valence-electron chi connectivity index (χ2n) is 2.65. The van der Waals surface area contributed by atoms with Gasteiger partial charge in [-0.25, -0.2) is 0 Å². The molecule has 2 rings (SSSR count). The van der Waals surface area contributed by atoms with Crippen molar-refractivity contribution in [1.82, 2.24) is 4.98 Å². The molecule has 0 amide bonds. The molecular weight excluding hydrogens is 234 g/mol. The number of halogens is 1. The van der Waals surface area contributed by atoms with Crippen LogP contribution < -0.4 is 0 Å². The van der Waals surface area contributed by atoms with Gasteiger partial charge in [0.05, 0.1) is 5.52 Å². The first-order valence-electron chi connectivity index (χ1n) is 3.64. The van der Waals surface area contributed by atoms with E-state index in [1.54, 1.807) is 12.3 Å². The predicted octanol–water partition coefficient (Wildman–Crippen LogP) is 2.41. The van der Waals surface area contributed by atoms with Crippen molar-refractivity contribution < 1.29 is 10.2 Å². The van der Waals surface area contributed by atoms with Crippen LogP contribution in [0.1, 0.15) is 0 Å². The highest BCUT2D eigenvalue weighted by molar-refractivity contribution is 9.10. The molecular formula is C9H6BrNO2. The lowest BCUT2D eigenvalue weighted by atomic mass is 10.2. The Morgan fingerprint density at radius 3 is 2.62 bits per heavy atom. The van der Waals surface area contributed by atoms with Crippen molar-refractivity contribution in [2.75, 3.05) is 0 Å². The number of fused-ring (bicyclic) bond motifs is 1. The van der Waals surface area contributed by atoms with E-state index in [9.17, 15) is 10.2 Å². The number of rotatable bonds is 0. The zero-order valence-corrected chi connectivity index (χ0v) is 8.12. The molecule has 0 atom stereocenters. The smallest absolute Gasteiger partial charge is 0.159 e. The number of nitrogens with zero attached hydrogens (tertiary/aromatic N) is 1. The van der Waals surface area contributed by atoms with Crippen molar-refractivity contribution in [3.05, 3.63) is 28.9 Å². The summed E-state index contributed by atoms with van der Waals surface area (Å²) in [5.74, 6) is -0.292. The second-order valence-corrected chi connectivity index (χ2v) is 3.51. The molecule has 3 nitrogen and oxygen atoms in total. The molecule has 1 heterocycles. The minimum absolute atomic E-state index is 0.138. The lowest BCUT2D eigenvalue weighted by Crippen LogP contribution is -1.79. The second kappa shape index (κ2) is 2.88. The maximum atomic E-state index is 9.24. The van der Waals surface area contributed by atoms with E-state index < -0.39 is 0 Å². The van der Waals surface area contributed by atoms with Crippen LogP contribution in [0.2, 0.25) is 0 Å². The highest BCUT2D eigenvalue weighted by Gasteiger charge is 2.04. The van der Waals surface area contributed by atoms with Gasteiger partial charge in [-0.05, 0) is 12.1 Å². The minimum Gasteiger partial charge on any atom is -0.504 e. The van der Waals surface area contributed by atoms with Gasteiger partial charge in [0.2, 0.25) is 0 Å². The summed E-state index contributed by atoms with van der Waals surface area (Å²) in [6.45, 7) is 0. The molecule has 0 aliphatic rings. The minimum atomic E-state index is -0.155. The summed E-state index contributed by atoms with van der Waals surface area (Å²) >= 11 is 3.32. The van der Waals surface area contributed by atoms with Gasteiger partial charge in [0.15, 0.2) is 11.5 Å². The molecule has 4 heteroatoms. The average molecular weight is 240 g/mol. The maximum Gasteiger partial charge on any atom is 0.159 e. The number of phenolic OH excluding ortho intramolecular Hbond substituents is 2. The van der Waals surface area contributed by atoms with E-state index >= 15 is 0 Å². The highest BCUT2D eigenvalue weighted by atomic mass is 79.9. The molecule has 0 saturated carbocycles. The number of aromatic nitrogens is 1. The molecule has 0 saturated heterocycles. The Bertz CT molecular complexity index is 470. The first-order valence-corrected chi connectivity index (χ1v) is 4.44. The number of phenols is 2. The number of benzene rings is 1. The van der Waals surface area contributed by atoms with E-state index in [0.717, 1.165) is 9.86 Å². The molecule has 0 fully saturated rings. The van der Waals surface area contributed by atoms with Crippen molar-refractivity contribution in [2.24, 2.45) is 0 Å². The van der Waals surface area contributed by atoms with Crippen LogP contribution in [0, 0.1) is 0 Å². The van der Waals surface area contributed by atoms with Crippen LogP contribution >= 0.6 is 15.9 Å². The third-order valence-corrected chi connectivity index (χ3v) is 2.48. The van der Waals surface area contributed by atoms with Crippen molar-refractivity contribution >= 4 is 26.8 Å². The largest absolute Gasteiger partial charge is 0.504 e. The number of hydrogen-bond acceptors (Lipinski definition) is 3. The summed E-state index contributed by atoms with van der Waals surface area (Å²) < 4.78 is 0.841. The van der Waals surface area contributed by atoms with Gasteiger partial charge < -0.3 is 10.2 Å². The molecule has 2 aromatic rings. The average Bonchev–Trinajstić information content (AvgIpc) is 2.09. The van der Waals surface area contributed by atoms with Gasteiger partial charge in [0, 0.05) is 22.1 Å². The lowest BCUT2D eigenvalue weighted by molar-refractivity contribution is 0.405. The SMILES string of the molecule is Oc1cc2nccc(Br)c2cc1O. The van der Waals surface area contributed by atoms with Crippen molar-refractivity contribution in [3.63, 3.8) is 0 Å². The number of aromatic hydroxyl groups is 2. The quantitative estimate of drug-likeness (QED) is 0.695. The molecule has 1 aromatic heterocycles. The van der Waals surface area contributed by atoms with E-state index in [1.807, 2.05) is 0 Å². The summed E-state index contributed by atoms with van der Waals surface area (Å²) in [5.41, 5.74) is 0.643. The molecule has 66 valence electrons. The van der Waals surface area contributed by atoms with E-state index in [0.29, 0.717) is 5.52 Å².